The fraction of sp³-hybridized carbons (Fsp3) is 0.522. The number of aliphatic hydroxyl groups is 1. The summed E-state index contributed by atoms with van der Waals surface area (Å²) in [5.41, 5.74) is 5.60. The van der Waals surface area contributed by atoms with Crippen LogP contribution in [0.3, 0.4) is 0 Å². The van der Waals surface area contributed by atoms with Gasteiger partial charge < -0.3 is 9.84 Å². The Bertz CT molecular complexity index is 1220. The average molecular weight is 481 g/mol. The van der Waals surface area contributed by atoms with Crippen molar-refractivity contribution >= 4 is 27.2 Å². The summed E-state index contributed by atoms with van der Waals surface area (Å²) < 4.78 is 36.7. The molecule has 1 unspecified atom stereocenters. The standard InChI is InChI=1S/C23H29FN2O4S2/c1-12(2)21-15(13-6-5-7-14(13)16-10-30-11-17(16)21)8-20(27)26-32(25,29)22-18(24)9-19(31-22)23(3,4)28/h9,12,28H,5-8,10-11H2,1-4H3,(H2,25,26,27,29). The Kier molecular flexibility index (Phi) is 6.09. The molecule has 0 fully saturated rings. The highest BCUT2D eigenvalue weighted by Crippen LogP contribution is 2.41. The molecule has 4 rings (SSSR count). The van der Waals surface area contributed by atoms with Gasteiger partial charge in [-0.2, -0.15) is 0 Å². The number of carbonyl (C=O) groups is 1. The van der Waals surface area contributed by atoms with Gasteiger partial charge in [0.25, 0.3) is 5.91 Å². The van der Waals surface area contributed by atoms with Gasteiger partial charge >= 0.3 is 0 Å². The fourth-order valence-electron chi connectivity index (χ4n) is 4.82. The maximum Gasteiger partial charge on any atom is 0.259 e. The smallest absolute Gasteiger partial charge is 0.259 e. The zero-order valence-electron chi connectivity index (χ0n) is 18.8. The molecular formula is C23H29FN2O4S2. The molecule has 1 aliphatic carbocycles. The minimum atomic E-state index is -3.78. The van der Waals surface area contributed by atoms with Crippen LogP contribution in [0.25, 0.3) is 0 Å². The van der Waals surface area contributed by atoms with E-state index in [0.29, 0.717) is 13.2 Å². The third-order valence-corrected chi connectivity index (χ3v) is 9.51. The molecule has 2 aliphatic rings. The van der Waals surface area contributed by atoms with Crippen molar-refractivity contribution in [2.75, 3.05) is 0 Å². The van der Waals surface area contributed by atoms with Gasteiger partial charge in [-0.25, -0.2) is 13.7 Å². The van der Waals surface area contributed by atoms with Crippen molar-refractivity contribution in [3.63, 3.8) is 0 Å². The second kappa shape index (κ2) is 8.29. The molecule has 1 aliphatic heterocycles. The molecule has 0 bridgehead atoms. The molecule has 9 heteroatoms. The maximum atomic E-state index is 14.5. The lowest BCUT2D eigenvalue weighted by atomic mass is 9.83. The van der Waals surface area contributed by atoms with E-state index in [4.69, 9.17) is 9.88 Å². The first-order valence-corrected chi connectivity index (χ1v) is 13.2. The Hall–Kier alpha value is -1.65. The zero-order chi connectivity index (χ0) is 23.4. The lowest BCUT2D eigenvalue weighted by Gasteiger charge is -2.21. The molecule has 1 amide bonds. The number of fused-ring (bicyclic) bond motifs is 3. The van der Waals surface area contributed by atoms with Gasteiger partial charge in [0.2, 0.25) is 0 Å². The van der Waals surface area contributed by atoms with Gasteiger partial charge in [0.15, 0.2) is 19.9 Å². The van der Waals surface area contributed by atoms with Gasteiger partial charge in [0.1, 0.15) is 0 Å². The number of hydrogen-bond acceptors (Lipinski definition) is 5. The van der Waals surface area contributed by atoms with Crippen LogP contribution in [-0.4, -0.2) is 15.2 Å². The van der Waals surface area contributed by atoms with Crippen LogP contribution >= 0.6 is 11.3 Å². The van der Waals surface area contributed by atoms with Gasteiger partial charge in [-0.3, -0.25) is 4.79 Å². The second-order valence-corrected chi connectivity index (χ2v) is 12.4. The molecule has 32 heavy (non-hydrogen) atoms. The largest absolute Gasteiger partial charge is 0.385 e. The predicted molar refractivity (Wildman–Crippen MR) is 122 cm³/mol. The number of benzene rings is 1. The molecule has 0 radical (unpaired) electrons. The summed E-state index contributed by atoms with van der Waals surface area (Å²) in [5.74, 6) is -1.27. The summed E-state index contributed by atoms with van der Waals surface area (Å²) in [4.78, 5) is 13.2. The van der Waals surface area contributed by atoms with E-state index in [0.717, 1.165) is 53.4 Å². The highest BCUT2D eigenvalue weighted by molar-refractivity contribution is 7.93. The molecule has 2 heterocycles. The van der Waals surface area contributed by atoms with E-state index >= 15 is 0 Å². The maximum absolute atomic E-state index is 14.5. The van der Waals surface area contributed by atoms with Gasteiger partial charge in [-0.1, -0.05) is 13.8 Å². The summed E-state index contributed by atoms with van der Waals surface area (Å²) >= 11 is 0.778. The van der Waals surface area contributed by atoms with E-state index in [9.17, 15) is 18.5 Å². The van der Waals surface area contributed by atoms with E-state index in [1.54, 1.807) is 0 Å². The van der Waals surface area contributed by atoms with Crippen LogP contribution in [-0.2, 0) is 57.5 Å². The van der Waals surface area contributed by atoms with E-state index in [1.165, 1.54) is 30.5 Å². The second-order valence-electron chi connectivity index (χ2n) is 9.34. The first kappa shape index (κ1) is 23.5. The van der Waals surface area contributed by atoms with Crippen molar-refractivity contribution in [2.24, 2.45) is 9.50 Å². The van der Waals surface area contributed by atoms with E-state index in [-0.39, 0.29) is 21.4 Å². The Morgan fingerprint density at radius 2 is 1.94 bits per heavy atom. The summed E-state index contributed by atoms with van der Waals surface area (Å²) in [5, 5.41) is 16.0. The minimum absolute atomic E-state index is 0.0251. The van der Waals surface area contributed by atoms with E-state index in [1.807, 2.05) is 0 Å². The van der Waals surface area contributed by atoms with Gasteiger partial charge in [0, 0.05) is 4.88 Å². The van der Waals surface area contributed by atoms with Crippen molar-refractivity contribution in [1.29, 1.82) is 0 Å². The van der Waals surface area contributed by atoms with Crippen molar-refractivity contribution in [1.82, 2.24) is 0 Å². The number of carbonyl (C=O) groups excluding carboxylic acids is 1. The normalized spacial score (nSPS) is 17.4. The summed E-state index contributed by atoms with van der Waals surface area (Å²) in [6.45, 7) is 8.30. The van der Waals surface area contributed by atoms with Gasteiger partial charge in [-0.05, 0) is 78.5 Å². The van der Waals surface area contributed by atoms with Crippen LogP contribution in [0.1, 0.15) is 78.3 Å². The number of hydrogen-bond donors (Lipinski definition) is 2. The zero-order valence-corrected chi connectivity index (χ0v) is 20.4. The van der Waals surface area contributed by atoms with Crippen molar-refractivity contribution in [3.8, 4) is 0 Å². The fourth-order valence-corrected chi connectivity index (χ4v) is 7.24. The molecule has 0 saturated carbocycles. The van der Waals surface area contributed by atoms with E-state index < -0.39 is 27.2 Å². The SMILES string of the molecule is CC(C)c1c2c(c3c(c1CC(=O)N=S(N)(=O)c1sc(C(C)(C)O)cc1F)CCC3)COC2. The van der Waals surface area contributed by atoms with Crippen molar-refractivity contribution in [2.45, 2.75) is 82.3 Å². The van der Waals surface area contributed by atoms with Gasteiger partial charge in [0.05, 0.1) is 25.2 Å². The summed E-state index contributed by atoms with van der Waals surface area (Å²) in [7, 11) is -3.78. The molecular weight excluding hydrogens is 451 g/mol. The lowest BCUT2D eigenvalue weighted by Crippen LogP contribution is -2.17. The molecule has 174 valence electrons. The number of nitrogens with zero attached hydrogens (tertiary/aromatic N) is 1. The van der Waals surface area contributed by atoms with Crippen molar-refractivity contribution in [3.05, 3.63) is 50.1 Å². The third-order valence-electron chi connectivity index (χ3n) is 6.12. The Labute approximate surface area is 192 Å². The number of amides is 1. The van der Waals surface area contributed by atoms with Crippen LogP contribution in [0.2, 0.25) is 0 Å². The molecule has 1 aromatic heterocycles. The Morgan fingerprint density at radius 3 is 2.56 bits per heavy atom. The van der Waals surface area contributed by atoms with E-state index in [2.05, 4.69) is 18.2 Å². The topological polar surface area (TPSA) is 102 Å². The number of rotatable bonds is 5. The monoisotopic (exact) mass is 480 g/mol. The first-order chi connectivity index (χ1) is 14.9. The van der Waals surface area contributed by atoms with Crippen LogP contribution in [0.15, 0.2) is 14.6 Å². The molecule has 1 aromatic carbocycles. The number of nitrogens with two attached hydrogens (primary N) is 1. The van der Waals surface area contributed by atoms with Gasteiger partial charge in [-0.15, -0.1) is 15.7 Å². The molecule has 6 nitrogen and oxygen atoms in total. The number of thiophene rings is 1. The molecule has 1 atom stereocenters. The van der Waals surface area contributed by atoms with Crippen molar-refractivity contribution < 1.29 is 23.2 Å². The third kappa shape index (κ3) is 4.17. The number of halogens is 1. The Morgan fingerprint density at radius 1 is 1.28 bits per heavy atom. The van der Waals surface area contributed by atoms with Crippen LogP contribution in [0.5, 0.6) is 0 Å². The summed E-state index contributed by atoms with van der Waals surface area (Å²) in [6.07, 6.45) is 2.85. The molecule has 3 N–H and O–H groups in total. The van der Waals surface area contributed by atoms with Crippen LogP contribution in [0, 0.1) is 5.82 Å². The lowest BCUT2D eigenvalue weighted by molar-refractivity contribution is -0.117. The number of ether oxygens (including phenoxy) is 1. The van der Waals surface area contributed by atoms with Crippen LogP contribution in [0.4, 0.5) is 4.39 Å². The van der Waals surface area contributed by atoms with Crippen LogP contribution < -0.4 is 5.14 Å². The molecule has 0 spiro atoms. The molecule has 2 aromatic rings. The summed E-state index contributed by atoms with van der Waals surface area (Å²) in [6, 6.07) is 1.09. The predicted octanol–water partition coefficient (Wildman–Crippen LogP) is 4.23. The average Bonchev–Trinajstić information content (AvgIpc) is 3.38. The first-order valence-electron chi connectivity index (χ1n) is 10.8. The molecule has 0 saturated heterocycles. The highest BCUT2D eigenvalue weighted by atomic mass is 32.2. The minimum Gasteiger partial charge on any atom is -0.385 e. The Balaban J connectivity index is 1.74. The highest BCUT2D eigenvalue weighted by Gasteiger charge is 2.31. The quantitative estimate of drug-likeness (QED) is 0.669.